The smallest absolute Gasteiger partial charge is 0.354 e. The quantitative estimate of drug-likeness (QED) is 0.797. The van der Waals surface area contributed by atoms with Crippen molar-refractivity contribution >= 4 is 5.97 Å². The molecule has 0 aliphatic carbocycles. The van der Waals surface area contributed by atoms with E-state index in [0.717, 1.165) is 16.8 Å². The third-order valence-corrected chi connectivity index (χ3v) is 3.28. The summed E-state index contributed by atoms with van der Waals surface area (Å²) in [4.78, 5) is 11.4. The summed E-state index contributed by atoms with van der Waals surface area (Å²) in [5.41, 5.74) is 3.54. The predicted octanol–water partition coefficient (Wildman–Crippen LogP) is 3.55. The van der Waals surface area contributed by atoms with Gasteiger partial charge in [-0.15, -0.1) is 0 Å². The predicted molar refractivity (Wildman–Crippen MR) is 80.7 cm³/mol. The van der Waals surface area contributed by atoms with Gasteiger partial charge in [-0.05, 0) is 25.1 Å². The van der Waals surface area contributed by atoms with Crippen molar-refractivity contribution in [2.24, 2.45) is 0 Å². The first-order valence-corrected chi connectivity index (χ1v) is 6.61. The molecule has 1 heterocycles. The molecular formula is C17H14N2O2. The monoisotopic (exact) mass is 278 g/mol. The van der Waals surface area contributed by atoms with Crippen molar-refractivity contribution in [2.45, 2.75) is 6.92 Å². The topological polar surface area (TPSA) is 55.1 Å². The average molecular weight is 278 g/mol. The minimum absolute atomic E-state index is 0.151. The second-order valence-electron chi connectivity index (χ2n) is 4.83. The zero-order valence-electron chi connectivity index (χ0n) is 11.5. The van der Waals surface area contributed by atoms with E-state index in [9.17, 15) is 9.90 Å². The molecule has 104 valence electrons. The summed E-state index contributed by atoms with van der Waals surface area (Å²) in [6, 6.07) is 18.7. The first kappa shape index (κ1) is 13.1. The number of aromatic carboxylic acids is 1. The van der Waals surface area contributed by atoms with Gasteiger partial charge in [0.1, 0.15) is 0 Å². The SMILES string of the molecule is Cc1ccc(-n2nc(-c3ccccc3)cc2C(=O)O)cc1. The van der Waals surface area contributed by atoms with Gasteiger partial charge in [0.2, 0.25) is 0 Å². The lowest BCUT2D eigenvalue weighted by atomic mass is 10.1. The number of carbonyl (C=O) groups is 1. The van der Waals surface area contributed by atoms with Crippen LogP contribution in [-0.2, 0) is 0 Å². The van der Waals surface area contributed by atoms with Gasteiger partial charge in [-0.2, -0.15) is 5.10 Å². The zero-order chi connectivity index (χ0) is 14.8. The molecule has 0 aliphatic rings. The summed E-state index contributed by atoms with van der Waals surface area (Å²) in [5, 5.41) is 13.8. The molecule has 3 aromatic rings. The largest absolute Gasteiger partial charge is 0.477 e. The molecule has 0 atom stereocenters. The molecule has 0 radical (unpaired) electrons. The minimum atomic E-state index is -0.995. The molecule has 0 spiro atoms. The number of aromatic nitrogens is 2. The number of benzene rings is 2. The molecule has 1 N–H and O–H groups in total. The van der Waals surface area contributed by atoms with Gasteiger partial charge in [0.15, 0.2) is 5.69 Å². The standard InChI is InChI=1S/C17H14N2O2/c1-12-7-9-14(10-8-12)19-16(17(20)21)11-15(18-19)13-5-3-2-4-6-13/h2-11H,1H3,(H,20,21). The second-order valence-corrected chi connectivity index (χ2v) is 4.83. The van der Waals surface area contributed by atoms with Gasteiger partial charge in [0, 0.05) is 5.56 Å². The lowest BCUT2D eigenvalue weighted by Gasteiger charge is -2.04. The Hall–Kier alpha value is -2.88. The fraction of sp³-hybridized carbons (Fsp3) is 0.0588. The van der Waals surface area contributed by atoms with E-state index < -0.39 is 5.97 Å². The van der Waals surface area contributed by atoms with Gasteiger partial charge in [0.05, 0.1) is 11.4 Å². The van der Waals surface area contributed by atoms with E-state index in [-0.39, 0.29) is 5.69 Å². The van der Waals surface area contributed by atoms with Gasteiger partial charge in [-0.25, -0.2) is 9.48 Å². The van der Waals surface area contributed by atoms with Crippen molar-refractivity contribution in [2.75, 3.05) is 0 Å². The average Bonchev–Trinajstić information content (AvgIpc) is 2.94. The van der Waals surface area contributed by atoms with E-state index in [1.165, 1.54) is 4.68 Å². The van der Waals surface area contributed by atoms with Crippen LogP contribution in [0.2, 0.25) is 0 Å². The summed E-state index contributed by atoms with van der Waals surface area (Å²) < 4.78 is 1.46. The number of hydrogen-bond acceptors (Lipinski definition) is 2. The van der Waals surface area contributed by atoms with Crippen LogP contribution in [-0.4, -0.2) is 20.9 Å². The van der Waals surface area contributed by atoms with Crippen molar-refractivity contribution in [1.29, 1.82) is 0 Å². The Morgan fingerprint density at radius 2 is 1.71 bits per heavy atom. The molecular weight excluding hydrogens is 264 g/mol. The molecule has 2 aromatic carbocycles. The van der Waals surface area contributed by atoms with Crippen LogP contribution in [0.5, 0.6) is 0 Å². The summed E-state index contributed by atoms with van der Waals surface area (Å²) >= 11 is 0. The molecule has 21 heavy (non-hydrogen) atoms. The molecule has 0 fully saturated rings. The third kappa shape index (κ3) is 2.56. The van der Waals surface area contributed by atoms with Crippen molar-refractivity contribution in [1.82, 2.24) is 9.78 Å². The molecule has 0 bridgehead atoms. The summed E-state index contributed by atoms with van der Waals surface area (Å²) in [7, 11) is 0. The number of aryl methyl sites for hydroxylation is 1. The van der Waals surface area contributed by atoms with Gasteiger partial charge >= 0.3 is 5.97 Å². The Labute approximate surface area is 122 Å². The van der Waals surface area contributed by atoms with E-state index in [2.05, 4.69) is 5.10 Å². The van der Waals surface area contributed by atoms with E-state index in [1.807, 2.05) is 61.5 Å². The maximum atomic E-state index is 11.4. The molecule has 0 unspecified atom stereocenters. The Morgan fingerprint density at radius 3 is 2.33 bits per heavy atom. The highest BCUT2D eigenvalue weighted by Crippen LogP contribution is 2.21. The molecule has 4 heteroatoms. The fourth-order valence-corrected chi connectivity index (χ4v) is 2.17. The van der Waals surface area contributed by atoms with Crippen LogP contribution in [0, 0.1) is 6.92 Å². The van der Waals surface area contributed by atoms with Gasteiger partial charge < -0.3 is 5.11 Å². The highest BCUT2D eigenvalue weighted by Gasteiger charge is 2.16. The fourth-order valence-electron chi connectivity index (χ4n) is 2.17. The number of hydrogen-bond donors (Lipinski definition) is 1. The first-order chi connectivity index (χ1) is 10.1. The van der Waals surface area contributed by atoms with E-state index in [4.69, 9.17) is 0 Å². The van der Waals surface area contributed by atoms with Crippen LogP contribution < -0.4 is 0 Å². The maximum Gasteiger partial charge on any atom is 0.354 e. The Balaban J connectivity index is 2.14. The van der Waals surface area contributed by atoms with Crippen LogP contribution in [0.1, 0.15) is 16.1 Å². The number of carboxylic acid groups (broad SMARTS) is 1. The number of carboxylic acids is 1. The van der Waals surface area contributed by atoms with Crippen LogP contribution in [0.25, 0.3) is 16.9 Å². The number of rotatable bonds is 3. The molecule has 4 nitrogen and oxygen atoms in total. The van der Waals surface area contributed by atoms with Crippen LogP contribution in [0.15, 0.2) is 60.7 Å². The third-order valence-electron chi connectivity index (χ3n) is 3.28. The highest BCUT2D eigenvalue weighted by atomic mass is 16.4. The van der Waals surface area contributed by atoms with Gasteiger partial charge in [-0.1, -0.05) is 48.0 Å². The summed E-state index contributed by atoms with van der Waals surface area (Å²) in [5.74, 6) is -0.995. The van der Waals surface area contributed by atoms with Gasteiger partial charge in [0.25, 0.3) is 0 Å². The normalized spacial score (nSPS) is 10.5. The Kier molecular flexibility index (Phi) is 3.28. The maximum absolute atomic E-state index is 11.4. The lowest BCUT2D eigenvalue weighted by Crippen LogP contribution is -2.07. The second kappa shape index (κ2) is 5.25. The molecule has 0 amide bonds. The van der Waals surface area contributed by atoms with Crippen LogP contribution in [0.3, 0.4) is 0 Å². The Bertz CT molecular complexity index is 774. The van der Waals surface area contributed by atoms with Crippen molar-refractivity contribution in [3.8, 4) is 16.9 Å². The van der Waals surface area contributed by atoms with Crippen molar-refractivity contribution in [3.05, 3.63) is 71.9 Å². The minimum Gasteiger partial charge on any atom is -0.477 e. The molecule has 3 rings (SSSR count). The molecule has 0 saturated heterocycles. The van der Waals surface area contributed by atoms with E-state index >= 15 is 0 Å². The summed E-state index contributed by atoms with van der Waals surface area (Å²) in [6.07, 6.45) is 0. The highest BCUT2D eigenvalue weighted by molar-refractivity contribution is 5.88. The van der Waals surface area contributed by atoms with Gasteiger partial charge in [-0.3, -0.25) is 0 Å². The van der Waals surface area contributed by atoms with Crippen molar-refractivity contribution < 1.29 is 9.90 Å². The first-order valence-electron chi connectivity index (χ1n) is 6.61. The number of nitrogens with zero attached hydrogens (tertiary/aromatic N) is 2. The summed E-state index contributed by atoms with van der Waals surface area (Å²) in [6.45, 7) is 1.99. The molecule has 0 saturated carbocycles. The van der Waals surface area contributed by atoms with E-state index in [0.29, 0.717) is 5.69 Å². The molecule has 1 aromatic heterocycles. The van der Waals surface area contributed by atoms with Crippen LogP contribution in [0.4, 0.5) is 0 Å². The van der Waals surface area contributed by atoms with E-state index in [1.54, 1.807) is 6.07 Å². The van der Waals surface area contributed by atoms with Crippen molar-refractivity contribution in [3.63, 3.8) is 0 Å². The Morgan fingerprint density at radius 1 is 1.05 bits per heavy atom. The zero-order valence-corrected chi connectivity index (χ0v) is 11.5. The molecule has 0 aliphatic heterocycles. The lowest BCUT2D eigenvalue weighted by molar-refractivity contribution is 0.0687. The van der Waals surface area contributed by atoms with Crippen LogP contribution >= 0.6 is 0 Å².